The van der Waals surface area contributed by atoms with Gasteiger partial charge >= 0.3 is 0 Å². The van der Waals surface area contributed by atoms with Gasteiger partial charge < -0.3 is 10.2 Å². The van der Waals surface area contributed by atoms with E-state index in [-0.39, 0.29) is 10.9 Å². The number of nitrogens with zero attached hydrogens (tertiary/aromatic N) is 1. The van der Waals surface area contributed by atoms with E-state index in [1.807, 2.05) is 4.90 Å². The van der Waals surface area contributed by atoms with Crippen LogP contribution >= 0.6 is 11.6 Å². The number of benzene rings is 1. The highest BCUT2D eigenvalue weighted by Gasteiger charge is 2.31. The molecule has 2 heterocycles. The summed E-state index contributed by atoms with van der Waals surface area (Å²) in [5.74, 6) is -0.550. The molecule has 3 nitrogen and oxygen atoms in total. The smallest absolute Gasteiger partial charge is 0.253 e. The van der Waals surface area contributed by atoms with Gasteiger partial charge in [-0.2, -0.15) is 0 Å². The summed E-state index contributed by atoms with van der Waals surface area (Å²) in [6, 6.07) is 5.10. The van der Waals surface area contributed by atoms with Gasteiger partial charge in [0.1, 0.15) is 5.82 Å². The predicted octanol–water partition coefficient (Wildman–Crippen LogP) is 2.45. The Morgan fingerprint density at radius 1 is 1.32 bits per heavy atom. The molecule has 0 saturated carbocycles. The molecule has 2 bridgehead atoms. The number of hydrogen-bond donors (Lipinski definition) is 1. The van der Waals surface area contributed by atoms with Crippen molar-refractivity contribution in [3.63, 3.8) is 0 Å². The maximum absolute atomic E-state index is 13.1. The van der Waals surface area contributed by atoms with Crippen LogP contribution in [-0.4, -0.2) is 36.0 Å². The average Bonchev–Trinajstić information content (AvgIpc) is 2.72. The van der Waals surface area contributed by atoms with Gasteiger partial charge in [-0.3, -0.25) is 4.79 Å². The number of carbonyl (C=O) groups excluding carboxylic acids is 1. The van der Waals surface area contributed by atoms with Gasteiger partial charge in [0.15, 0.2) is 0 Å². The fourth-order valence-corrected chi connectivity index (χ4v) is 3.12. The number of halogens is 2. The molecule has 2 saturated heterocycles. The molecule has 2 fully saturated rings. The Hall–Kier alpha value is -1.13. The van der Waals surface area contributed by atoms with Gasteiger partial charge in [-0.25, -0.2) is 4.39 Å². The molecule has 1 aromatic carbocycles. The van der Waals surface area contributed by atoms with Crippen molar-refractivity contribution in [1.29, 1.82) is 0 Å². The number of nitrogens with one attached hydrogen (secondary N) is 1. The minimum Gasteiger partial charge on any atom is -0.337 e. The Morgan fingerprint density at radius 3 is 2.89 bits per heavy atom. The van der Waals surface area contributed by atoms with Gasteiger partial charge in [0.05, 0.1) is 5.02 Å². The molecule has 2 aliphatic rings. The largest absolute Gasteiger partial charge is 0.337 e. The first-order valence-electron chi connectivity index (χ1n) is 6.64. The SMILES string of the molecule is O=C(c1ccc(F)c(Cl)c1)N1CCC2CCC(C1)N2. The first-order valence-corrected chi connectivity index (χ1v) is 7.01. The molecule has 1 N–H and O–H groups in total. The Bertz CT molecular complexity index is 508. The second kappa shape index (κ2) is 5.10. The van der Waals surface area contributed by atoms with Crippen LogP contribution in [-0.2, 0) is 0 Å². The lowest BCUT2D eigenvalue weighted by molar-refractivity contribution is 0.0748. The van der Waals surface area contributed by atoms with Gasteiger partial charge in [-0.1, -0.05) is 11.6 Å². The molecule has 0 aliphatic carbocycles. The second-order valence-corrected chi connectivity index (χ2v) is 5.71. The summed E-state index contributed by atoms with van der Waals surface area (Å²) in [5.41, 5.74) is 0.462. The highest BCUT2D eigenvalue weighted by molar-refractivity contribution is 6.31. The van der Waals surface area contributed by atoms with E-state index in [9.17, 15) is 9.18 Å². The first kappa shape index (κ1) is 12.9. The van der Waals surface area contributed by atoms with Gasteiger partial charge in [0, 0.05) is 30.7 Å². The van der Waals surface area contributed by atoms with E-state index < -0.39 is 5.82 Å². The number of fused-ring (bicyclic) bond motifs is 2. The van der Waals surface area contributed by atoms with Crippen molar-refractivity contribution in [1.82, 2.24) is 10.2 Å². The van der Waals surface area contributed by atoms with Crippen LogP contribution in [0.15, 0.2) is 18.2 Å². The maximum Gasteiger partial charge on any atom is 0.253 e. The lowest BCUT2D eigenvalue weighted by atomic mass is 10.1. The first-order chi connectivity index (χ1) is 9.13. The predicted molar refractivity (Wildman–Crippen MR) is 71.9 cm³/mol. The molecule has 1 amide bonds. The number of hydrogen-bond acceptors (Lipinski definition) is 2. The zero-order valence-electron chi connectivity index (χ0n) is 10.5. The molecular weight excluding hydrogens is 267 g/mol. The van der Waals surface area contributed by atoms with Crippen molar-refractivity contribution in [2.24, 2.45) is 0 Å². The van der Waals surface area contributed by atoms with Crippen LogP contribution in [0.3, 0.4) is 0 Å². The average molecular weight is 283 g/mol. The summed E-state index contributed by atoms with van der Waals surface area (Å²) in [4.78, 5) is 14.3. The van der Waals surface area contributed by atoms with E-state index in [1.165, 1.54) is 24.6 Å². The van der Waals surface area contributed by atoms with Crippen LogP contribution in [0.2, 0.25) is 5.02 Å². The van der Waals surface area contributed by atoms with Crippen LogP contribution in [0.25, 0.3) is 0 Å². The Balaban J connectivity index is 1.77. The molecule has 2 unspecified atom stereocenters. The molecule has 19 heavy (non-hydrogen) atoms. The van der Waals surface area contributed by atoms with Crippen LogP contribution in [0.4, 0.5) is 4.39 Å². The van der Waals surface area contributed by atoms with Crippen molar-refractivity contribution in [3.8, 4) is 0 Å². The van der Waals surface area contributed by atoms with Crippen LogP contribution in [0.5, 0.6) is 0 Å². The summed E-state index contributed by atoms with van der Waals surface area (Å²) in [6.07, 6.45) is 3.31. The summed E-state index contributed by atoms with van der Waals surface area (Å²) >= 11 is 5.73. The van der Waals surface area contributed by atoms with Crippen LogP contribution in [0, 0.1) is 5.82 Å². The number of rotatable bonds is 1. The van der Waals surface area contributed by atoms with E-state index in [0.29, 0.717) is 17.6 Å². The minimum atomic E-state index is -0.491. The molecule has 5 heteroatoms. The number of carbonyl (C=O) groups is 1. The van der Waals surface area contributed by atoms with Crippen molar-refractivity contribution >= 4 is 17.5 Å². The van der Waals surface area contributed by atoms with Crippen molar-refractivity contribution in [2.45, 2.75) is 31.3 Å². The van der Waals surface area contributed by atoms with Crippen molar-refractivity contribution < 1.29 is 9.18 Å². The fourth-order valence-electron chi connectivity index (χ4n) is 2.94. The summed E-state index contributed by atoms with van der Waals surface area (Å²) < 4.78 is 13.1. The standard InChI is InChI=1S/C14H16ClFN2O/c15-12-7-9(1-4-13(12)16)14(19)18-6-5-10-2-3-11(8-18)17-10/h1,4,7,10-11,17H,2-3,5-6,8H2. The summed E-state index contributed by atoms with van der Waals surface area (Å²) in [5, 5.41) is 3.53. The molecular formula is C14H16ClFN2O. The van der Waals surface area contributed by atoms with Gasteiger partial charge in [0.25, 0.3) is 5.91 Å². The highest BCUT2D eigenvalue weighted by Crippen LogP contribution is 2.23. The molecule has 1 aromatic rings. The topological polar surface area (TPSA) is 32.3 Å². The third-order valence-corrected chi connectivity index (χ3v) is 4.27. The molecule has 102 valence electrons. The van der Waals surface area contributed by atoms with Gasteiger partial charge in [0.2, 0.25) is 0 Å². The maximum atomic E-state index is 13.1. The Labute approximate surface area is 116 Å². The van der Waals surface area contributed by atoms with Crippen LogP contribution in [0.1, 0.15) is 29.6 Å². The third kappa shape index (κ3) is 2.60. The zero-order valence-corrected chi connectivity index (χ0v) is 11.3. The number of likely N-dealkylation sites (tertiary alicyclic amines) is 1. The van der Waals surface area contributed by atoms with E-state index in [1.54, 1.807) is 0 Å². The molecule has 3 rings (SSSR count). The fraction of sp³-hybridized carbons (Fsp3) is 0.500. The molecule has 0 aromatic heterocycles. The second-order valence-electron chi connectivity index (χ2n) is 5.31. The molecule has 2 atom stereocenters. The van der Waals surface area contributed by atoms with E-state index in [4.69, 9.17) is 11.6 Å². The highest BCUT2D eigenvalue weighted by atomic mass is 35.5. The quantitative estimate of drug-likeness (QED) is 0.858. The van der Waals surface area contributed by atoms with E-state index in [2.05, 4.69) is 5.32 Å². The van der Waals surface area contributed by atoms with Crippen molar-refractivity contribution in [2.75, 3.05) is 13.1 Å². The monoisotopic (exact) mass is 282 g/mol. The lowest BCUT2D eigenvalue weighted by Crippen LogP contribution is -2.39. The van der Waals surface area contributed by atoms with E-state index >= 15 is 0 Å². The minimum absolute atomic E-state index is 0.000294. The van der Waals surface area contributed by atoms with Crippen molar-refractivity contribution in [3.05, 3.63) is 34.6 Å². The van der Waals surface area contributed by atoms with Gasteiger partial charge in [-0.05, 0) is 37.5 Å². The molecule has 0 radical (unpaired) electrons. The molecule has 0 spiro atoms. The summed E-state index contributed by atoms with van der Waals surface area (Å²) in [6.45, 7) is 1.48. The normalized spacial score (nSPS) is 26.3. The van der Waals surface area contributed by atoms with Crippen LogP contribution < -0.4 is 5.32 Å². The molecule has 2 aliphatic heterocycles. The third-order valence-electron chi connectivity index (χ3n) is 3.98. The summed E-state index contributed by atoms with van der Waals surface area (Å²) in [7, 11) is 0. The van der Waals surface area contributed by atoms with E-state index in [0.717, 1.165) is 25.9 Å². The zero-order chi connectivity index (χ0) is 13.4. The number of amides is 1. The Morgan fingerprint density at radius 2 is 2.11 bits per heavy atom. The lowest BCUT2D eigenvalue weighted by Gasteiger charge is -2.24. The Kier molecular flexibility index (Phi) is 3.46. The van der Waals surface area contributed by atoms with Gasteiger partial charge in [-0.15, -0.1) is 0 Å².